The van der Waals surface area contributed by atoms with Crippen LogP contribution in [-0.2, 0) is 0 Å². The summed E-state index contributed by atoms with van der Waals surface area (Å²) >= 11 is 0. The average molecular weight is 263 g/mol. The number of fused-ring (bicyclic) bond motifs is 2. The van der Waals surface area contributed by atoms with Crippen molar-refractivity contribution in [2.45, 2.75) is 0 Å². The van der Waals surface area contributed by atoms with Gasteiger partial charge in [0.2, 0.25) is 0 Å². The van der Waals surface area contributed by atoms with Crippen molar-refractivity contribution >= 4 is 16.5 Å². The number of nitrogens with zero attached hydrogens (tertiary/aromatic N) is 2. The molecule has 1 N–H and O–H groups in total. The van der Waals surface area contributed by atoms with Crippen molar-refractivity contribution in [3.8, 4) is 6.07 Å². The molecule has 100 valence electrons. The minimum atomic E-state index is 0.769. The highest BCUT2D eigenvalue weighted by molar-refractivity contribution is 5.97. The van der Waals surface area contributed by atoms with Crippen LogP contribution >= 0.6 is 0 Å². The maximum atomic E-state index is 9.25. The molecule has 0 saturated carbocycles. The van der Waals surface area contributed by atoms with Crippen molar-refractivity contribution in [3.05, 3.63) is 42.0 Å². The van der Waals surface area contributed by atoms with Crippen molar-refractivity contribution in [2.75, 3.05) is 31.1 Å². The summed E-state index contributed by atoms with van der Waals surface area (Å²) < 4.78 is 0. The zero-order valence-electron chi connectivity index (χ0n) is 11.3. The molecule has 2 aliphatic heterocycles. The molecule has 0 spiro atoms. The first kappa shape index (κ1) is 11.7. The molecule has 4 rings (SSSR count). The van der Waals surface area contributed by atoms with Gasteiger partial charge in [0.25, 0.3) is 0 Å². The van der Waals surface area contributed by atoms with Gasteiger partial charge in [-0.2, -0.15) is 5.26 Å². The number of rotatable bonds is 1. The quantitative estimate of drug-likeness (QED) is 0.858. The Morgan fingerprint density at radius 3 is 2.40 bits per heavy atom. The van der Waals surface area contributed by atoms with Crippen LogP contribution in [0, 0.1) is 23.2 Å². The number of anilines is 1. The van der Waals surface area contributed by atoms with E-state index in [9.17, 15) is 5.26 Å². The molecule has 0 radical (unpaired) electrons. The molecule has 0 bridgehead atoms. The number of nitrogens with one attached hydrogen (secondary N) is 1. The fraction of sp³-hybridized carbons (Fsp3) is 0.353. The summed E-state index contributed by atoms with van der Waals surface area (Å²) in [6.45, 7) is 4.56. The fourth-order valence-corrected chi connectivity index (χ4v) is 3.71. The van der Waals surface area contributed by atoms with Crippen molar-refractivity contribution in [1.29, 1.82) is 5.26 Å². The Morgan fingerprint density at radius 1 is 1.00 bits per heavy atom. The van der Waals surface area contributed by atoms with Gasteiger partial charge in [-0.05, 0) is 24.0 Å². The highest BCUT2D eigenvalue weighted by atomic mass is 15.2. The monoisotopic (exact) mass is 263 g/mol. The molecule has 2 aromatic rings. The lowest BCUT2D eigenvalue weighted by Crippen LogP contribution is -2.25. The van der Waals surface area contributed by atoms with E-state index in [1.807, 2.05) is 12.1 Å². The topological polar surface area (TPSA) is 39.1 Å². The molecule has 2 unspecified atom stereocenters. The fourth-order valence-electron chi connectivity index (χ4n) is 3.71. The Morgan fingerprint density at radius 2 is 1.70 bits per heavy atom. The smallest absolute Gasteiger partial charge is 0.0998 e. The van der Waals surface area contributed by atoms with Gasteiger partial charge in [0.1, 0.15) is 0 Å². The van der Waals surface area contributed by atoms with Crippen LogP contribution in [0.15, 0.2) is 36.4 Å². The zero-order chi connectivity index (χ0) is 13.5. The van der Waals surface area contributed by atoms with Crippen LogP contribution in [-0.4, -0.2) is 26.2 Å². The second-order valence-electron chi connectivity index (χ2n) is 5.87. The third kappa shape index (κ3) is 1.69. The molecule has 2 heterocycles. The van der Waals surface area contributed by atoms with Crippen molar-refractivity contribution in [3.63, 3.8) is 0 Å². The lowest BCUT2D eigenvalue weighted by atomic mass is 10.0. The molecule has 20 heavy (non-hydrogen) atoms. The maximum Gasteiger partial charge on any atom is 0.0998 e. The predicted molar refractivity (Wildman–Crippen MR) is 80.7 cm³/mol. The van der Waals surface area contributed by atoms with Gasteiger partial charge >= 0.3 is 0 Å². The first-order valence-electron chi connectivity index (χ1n) is 7.24. The molecule has 2 aromatic carbocycles. The van der Waals surface area contributed by atoms with Crippen molar-refractivity contribution in [1.82, 2.24) is 5.32 Å². The highest BCUT2D eigenvalue weighted by Gasteiger charge is 2.36. The van der Waals surface area contributed by atoms with Crippen molar-refractivity contribution < 1.29 is 0 Å². The van der Waals surface area contributed by atoms with E-state index in [1.54, 1.807) is 0 Å². The van der Waals surface area contributed by atoms with Crippen LogP contribution in [0.25, 0.3) is 10.8 Å². The number of nitriles is 1. The average Bonchev–Trinajstić information content (AvgIpc) is 3.07. The second-order valence-corrected chi connectivity index (χ2v) is 5.87. The van der Waals surface area contributed by atoms with E-state index in [4.69, 9.17) is 0 Å². The number of hydrogen-bond acceptors (Lipinski definition) is 3. The molecule has 3 nitrogen and oxygen atoms in total. The van der Waals surface area contributed by atoms with Crippen molar-refractivity contribution in [2.24, 2.45) is 11.8 Å². The molecular formula is C17H17N3. The predicted octanol–water partition coefficient (Wildman–Crippen LogP) is 2.37. The molecule has 2 saturated heterocycles. The van der Waals surface area contributed by atoms with Crippen LogP contribution in [0.3, 0.4) is 0 Å². The van der Waals surface area contributed by atoms with E-state index in [0.29, 0.717) is 0 Å². The van der Waals surface area contributed by atoms with E-state index < -0.39 is 0 Å². The molecule has 2 atom stereocenters. The lowest BCUT2D eigenvalue weighted by molar-refractivity contribution is 0.533. The minimum Gasteiger partial charge on any atom is -0.370 e. The van der Waals surface area contributed by atoms with E-state index in [1.165, 1.54) is 11.1 Å². The van der Waals surface area contributed by atoms with Crippen LogP contribution in [0.4, 0.5) is 5.69 Å². The summed E-state index contributed by atoms with van der Waals surface area (Å²) in [6, 6.07) is 14.6. The number of benzene rings is 2. The zero-order valence-corrected chi connectivity index (χ0v) is 11.3. The van der Waals surface area contributed by atoms with E-state index in [0.717, 1.165) is 49.0 Å². The van der Waals surface area contributed by atoms with Gasteiger partial charge in [0.05, 0.1) is 11.6 Å². The normalized spacial score (nSPS) is 24.9. The second kappa shape index (κ2) is 4.50. The van der Waals surface area contributed by atoms with Gasteiger partial charge in [-0.3, -0.25) is 0 Å². The molecule has 2 aliphatic rings. The van der Waals surface area contributed by atoms with Crippen LogP contribution in [0.2, 0.25) is 0 Å². The first-order chi connectivity index (χ1) is 9.86. The Kier molecular flexibility index (Phi) is 2.64. The lowest BCUT2D eigenvalue weighted by Gasteiger charge is -2.22. The Labute approximate surface area is 118 Å². The summed E-state index contributed by atoms with van der Waals surface area (Å²) in [5.41, 5.74) is 2.06. The summed E-state index contributed by atoms with van der Waals surface area (Å²) in [5, 5.41) is 15.0. The minimum absolute atomic E-state index is 0.769. The van der Waals surface area contributed by atoms with E-state index in [2.05, 4.69) is 40.6 Å². The Balaban J connectivity index is 1.80. The largest absolute Gasteiger partial charge is 0.370 e. The summed E-state index contributed by atoms with van der Waals surface area (Å²) in [4.78, 5) is 2.50. The standard InChI is InChI=1S/C17H17N3/c18-7-12-5-6-17(16-4-2-1-3-15(12)16)20-10-13-8-19-9-14(13)11-20/h1-6,13-14,19H,8-11H2. The molecule has 3 heteroatoms. The van der Waals surface area contributed by atoms with Crippen LogP contribution in [0.1, 0.15) is 5.56 Å². The molecule has 2 fully saturated rings. The first-order valence-corrected chi connectivity index (χ1v) is 7.24. The van der Waals surface area contributed by atoms with Crippen LogP contribution in [0.5, 0.6) is 0 Å². The third-order valence-electron chi connectivity index (χ3n) is 4.75. The van der Waals surface area contributed by atoms with Gasteiger partial charge in [0.15, 0.2) is 0 Å². The Bertz CT molecular complexity index is 689. The van der Waals surface area contributed by atoms with Gasteiger partial charge in [0, 0.05) is 42.6 Å². The van der Waals surface area contributed by atoms with Gasteiger partial charge < -0.3 is 10.2 Å². The molecule has 0 amide bonds. The molecule has 0 aromatic heterocycles. The highest BCUT2D eigenvalue weighted by Crippen LogP contribution is 2.35. The molecular weight excluding hydrogens is 246 g/mol. The molecule has 0 aliphatic carbocycles. The van der Waals surface area contributed by atoms with Gasteiger partial charge in [-0.25, -0.2) is 0 Å². The SMILES string of the molecule is N#Cc1ccc(N2CC3CNCC3C2)c2ccccc12. The van der Waals surface area contributed by atoms with E-state index >= 15 is 0 Å². The van der Waals surface area contributed by atoms with E-state index in [-0.39, 0.29) is 0 Å². The Hall–Kier alpha value is -2.05. The number of hydrogen-bond donors (Lipinski definition) is 1. The third-order valence-corrected chi connectivity index (χ3v) is 4.75. The summed E-state index contributed by atoms with van der Waals surface area (Å²) in [6.07, 6.45) is 0. The van der Waals surface area contributed by atoms with Gasteiger partial charge in [-0.15, -0.1) is 0 Å². The van der Waals surface area contributed by atoms with Gasteiger partial charge in [-0.1, -0.05) is 24.3 Å². The van der Waals surface area contributed by atoms with Crippen LogP contribution < -0.4 is 10.2 Å². The summed E-state index contributed by atoms with van der Waals surface area (Å²) in [5.74, 6) is 1.56. The maximum absolute atomic E-state index is 9.25. The summed E-state index contributed by atoms with van der Waals surface area (Å²) in [7, 11) is 0.